The molecule has 0 amide bonds. The minimum Gasteiger partial charge on any atom is -0.481 e. The van der Waals surface area contributed by atoms with Crippen molar-refractivity contribution >= 4 is 30.5 Å². The van der Waals surface area contributed by atoms with Gasteiger partial charge in [0, 0.05) is 11.6 Å². The zero-order chi connectivity index (χ0) is 16.7. The van der Waals surface area contributed by atoms with Gasteiger partial charge in [0.05, 0.1) is 12.4 Å². The number of hydrogen-bond donors (Lipinski definition) is 4. The third-order valence-electron chi connectivity index (χ3n) is 1.21. The van der Waals surface area contributed by atoms with Crippen LogP contribution in [0, 0.1) is 5.92 Å². The van der Waals surface area contributed by atoms with Crippen LogP contribution in [0.25, 0.3) is 0 Å². The van der Waals surface area contributed by atoms with E-state index in [2.05, 4.69) is 25.8 Å². The molecule has 0 aromatic heterocycles. The standard InChI is InChI=1S/C8H14O2.C3H4O2.C2H4O2S.H3N/c1-6(2)5-10-8(9)7(3)4;1-2-3(4)5;3-2(4)1-5;/h6H,3,5H2,1-2,4H3;2H,1H2,(H,4,5);5H,1H2,(H,3,4);1H3. The number of hydrogen-bond acceptors (Lipinski definition) is 6. The van der Waals surface area contributed by atoms with E-state index in [0.717, 1.165) is 6.08 Å². The molecule has 0 spiro atoms. The zero-order valence-electron chi connectivity index (χ0n) is 12.7. The molecule has 5 N–H and O–H groups in total. The fourth-order valence-corrected chi connectivity index (χ4v) is 0.366. The van der Waals surface area contributed by atoms with Crippen molar-refractivity contribution in [2.24, 2.45) is 5.92 Å². The average Bonchev–Trinajstić information content (AvgIpc) is 2.36. The first-order valence-corrected chi connectivity index (χ1v) is 6.22. The Labute approximate surface area is 130 Å². The molecule has 0 rings (SSSR count). The van der Waals surface area contributed by atoms with Gasteiger partial charge in [-0.05, 0) is 12.8 Å². The number of rotatable bonds is 5. The number of ether oxygens (including phenoxy) is 1. The summed E-state index contributed by atoms with van der Waals surface area (Å²) in [6.45, 7) is 12.5. The van der Waals surface area contributed by atoms with E-state index in [9.17, 15) is 14.4 Å². The molecule has 0 heterocycles. The molecule has 0 aromatic rings. The Bertz CT molecular complexity index is 342. The van der Waals surface area contributed by atoms with Gasteiger partial charge in [0.1, 0.15) is 0 Å². The quantitative estimate of drug-likeness (QED) is 0.346. The van der Waals surface area contributed by atoms with Crippen molar-refractivity contribution in [1.29, 1.82) is 0 Å². The number of esters is 1. The smallest absolute Gasteiger partial charge is 0.333 e. The summed E-state index contributed by atoms with van der Waals surface area (Å²) in [5, 5.41) is 15.2. The Hall–Kier alpha value is -1.80. The maximum atomic E-state index is 10.7. The summed E-state index contributed by atoms with van der Waals surface area (Å²) in [5.41, 5.74) is 0.459. The maximum absolute atomic E-state index is 10.7. The summed E-state index contributed by atoms with van der Waals surface area (Å²) in [6.07, 6.45) is 0.833. The zero-order valence-corrected chi connectivity index (χ0v) is 13.6. The summed E-state index contributed by atoms with van der Waals surface area (Å²) >= 11 is 3.42. The van der Waals surface area contributed by atoms with Gasteiger partial charge < -0.3 is 21.1 Å². The number of thiol groups is 1. The van der Waals surface area contributed by atoms with E-state index in [0.29, 0.717) is 18.1 Å². The van der Waals surface area contributed by atoms with Gasteiger partial charge in [-0.2, -0.15) is 12.6 Å². The van der Waals surface area contributed by atoms with Gasteiger partial charge in [-0.15, -0.1) is 0 Å². The van der Waals surface area contributed by atoms with Crippen LogP contribution in [0.15, 0.2) is 24.8 Å². The first-order chi connectivity index (χ1) is 9.08. The van der Waals surface area contributed by atoms with Crippen LogP contribution in [0.4, 0.5) is 0 Å². The Balaban J connectivity index is -0.000000112. The molecule has 0 saturated heterocycles. The van der Waals surface area contributed by atoms with Gasteiger partial charge in [-0.3, -0.25) is 4.79 Å². The van der Waals surface area contributed by atoms with Crippen LogP contribution in [0.2, 0.25) is 0 Å². The molecule has 0 aliphatic rings. The van der Waals surface area contributed by atoms with E-state index >= 15 is 0 Å². The highest BCUT2D eigenvalue weighted by atomic mass is 32.1. The molecule has 0 fully saturated rings. The first kappa shape index (κ1) is 27.5. The normalized spacial score (nSPS) is 7.86. The maximum Gasteiger partial charge on any atom is 0.333 e. The fraction of sp³-hybridized carbons (Fsp3) is 0.462. The van der Waals surface area contributed by atoms with E-state index in [-0.39, 0.29) is 17.9 Å². The number of aliphatic carboxylic acids is 2. The highest BCUT2D eigenvalue weighted by Gasteiger charge is 2.03. The van der Waals surface area contributed by atoms with E-state index in [1.807, 2.05) is 13.8 Å². The Kier molecular flexibility index (Phi) is 23.9. The number of carboxylic acid groups (broad SMARTS) is 2. The topological polar surface area (TPSA) is 136 Å². The minimum atomic E-state index is -0.981. The van der Waals surface area contributed by atoms with Gasteiger partial charge in [0.15, 0.2) is 0 Å². The van der Waals surface area contributed by atoms with Crippen LogP contribution >= 0.6 is 12.6 Å². The molecule has 0 saturated carbocycles. The van der Waals surface area contributed by atoms with Gasteiger partial charge in [0.25, 0.3) is 0 Å². The molecule has 0 bridgehead atoms. The molecule has 7 nitrogen and oxygen atoms in total. The Morgan fingerprint density at radius 1 is 1.29 bits per heavy atom. The number of carbonyl (C=O) groups excluding carboxylic acids is 1. The van der Waals surface area contributed by atoms with Gasteiger partial charge in [-0.1, -0.05) is 27.0 Å². The molecular weight excluding hydrogens is 298 g/mol. The number of carbonyl (C=O) groups is 3. The van der Waals surface area contributed by atoms with Crippen molar-refractivity contribution < 1.29 is 29.3 Å². The summed E-state index contributed by atoms with van der Waals surface area (Å²) in [7, 11) is 0. The third kappa shape index (κ3) is 38.1. The highest BCUT2D eigenvalue weighted by molar-refractivity contribution is 7.81. The van der Waals surface area contributed by atoms with Crippen LogP contribution in [0.1, 0.15) is 20.8 Å². The van der Waals surface area contributed by atoms with Crippen LogP contribution in [0.5, 0.6) is 0 Å². The molecule has 0 aliphatic carbocycles. The molecule has 0 unspecified atom stereocenters. The molecule has 0 atom stereocenters. The van der Waals surface area contributed by atoms with Crippen LogP contribution in [-0.2, 0) is 19.1 Å². The molecule has 8 heteroatoms. The SMILES string of the molecule is C=C(C)C(=O)OCC(C)C.C=CC(=O)O.N.O=C(O)CS. The van der Waals surface area contributed by atoms with Crippen LogP contribution in [-0.4, -0.2) is 40.5 Å². The van der Waals surface area contributed by atoms with Crippen LogP contribution in [0.3, 0.4) is 0 Å². The van der Waals surface area contributed by atoms with Crippen molar-refractivity contribution in [1.82, 2.24) is 6.15 Å². The summed E-state index contributed by atoms with van der Waals surface area (Å²) in [6, 6.07) is 0. The second kappa shape index (κ2) is 18.2. The fourth-order valence-electron chi connectivity index (χ4n) is 0.366. The summed E-state index contributed by atoms with van der Waals surface area (Å²) < 4.78 is 4.83. The predicted molar refractivity (Wildman–Crippen MR) is 85.0 cm³/mol. The van der Waals surface area contributed by atoms with E-state index < -0.39 is 11.9 Å². The molecular formula is C13H25NO6S. The number of carboxylic acids is 2. The molecule has 0 radical (unpaired) electrons. The van der Waals surface area contributed by atoms with Crippen molar-refractivity contribution in [3.63, 3.8) is 0 Å². The van der Waals surface area contributed by atoms with Crippen molar-refractivity contribution in [3.05, 3.63) is 24.8 Å². The lowest BCUT2D eigenvalue weighted by Crippen LogP contribution is -2.09. The average molecular weight is 323 g/mol. The van der Waals surface area contributed by atoms with Crippen molar-refractivity contribution in [2.45, 2.75) is 20.8 Å². The highest BCUT2D eigenvalue weighted by Crippen LogP contribution is 1.97. The van der Waals surface area contributed by atoms with Crippen LogP contribution < -0.4 is 6.15 Å². The lowest BCUT2D eigenvalue weighted by atomic mass is 10.2. The van der Waals surface area contributed by atoms with Gasteiger partial charge in [0.2, 0.25) is 0 Å². The lowest BCUT2D eigenvalue weighted by molar-refractivity contribution is -0.140. The first-order valence-electron chi connectivity index (χ1n) is 5.59. The van der Waals surface area contributed by atoms with Crippen molar-refractivity contribution in [3.8, 4) is 0 Å². The minimum absolute atomic E-state index is 0. The van der Waals surface area contributed by atoms with E-state index in [1.54, 1.807) is 6.92 Å². The van der Waals surface area contributed by atoms with Gasteiger partial charge >= 0.3 is 17.9 Å². The third-order valence-corrected chi connectivity index (χ3v) is 1.48. The second-order valence-corrected chi connectivity index (χ2v) is 4.18. The molecule has 21 heavy (non-hydrogen) atoms. The second-order valence-electron chi connectivity index (χ2n) is 3.87. The Morgan fingerprint density at radius 3 is 1.76 bits per heavy atom. The molecule has 0 aliphatic heterocycles. The largest absolute Gasteiger partial charge is 0.481 e. The molecule has 0 aromatic carbocycles. The predicted octanol–water partition coefficient (Wildman–Crippen LogP) is 2.18. The van der Waals surface area contributed by atoms with Gasteiger partial charge in [-0.25, -0.2) is 9.59 Å². The molecule has 124 valence electrons. The van der Waals surface area contributed by atoms with Crippen molar-refractivity contribution in [2.75, 3.05) is 12.4 Å². The monoisotopic (exact) mass is 323 g/mol. The summed E-state index contributed by atoms with van der Waals surface area (Å²) in [4.78, 5) is 29.3. The van der Waals surface area contributed by atoms with E-state index in [1.165, 1.54) is 0 Å². The lowest BCUT2D eigenvalue weighted by Gasteiger charge is -2.05. The summed E-state index contributed by atoms with van der Waals surface area (Å²) in [5.74, 6) is -1.85. The van der Waals surface area contributed by atoms with E-state index in [4.69, 9.17) is 14.9 Å². The Morgan fingerprint density at radius 2 is 1.62 bits per heavy atom.